The van der Waals surface area contributed by atoms with Crippen molar-refractivity contribution in [2.75, 3.05) is 13.7 Å². The smallest absolute Gasteiger partial charge is 0.407 e. The summed E-state index contributed by atoms with van der Waals surface area (Å²) in [6, 6.07) is 13.5. The predicted octanol–water partition coefficient (Wildman–Crippen LogP) is 2.83. The van der Waals surface area contributed by atoms with Gasteiger partial charge in [-0.1, -0.05) is 55.0 Å². The Labute approximate surface area is 202 Å². The molecule has 2 aromatic carbocycles. The lowest BCUT2D eigenvalue weighted by Gasteiger charge is -2.33. The summed E-state index contributed by atoms with van der Waals surface area (Å²) in [6.07, 6.45) is 1.08. The van der Waals surface area contributed by atoms with Gasteiger partial charge in [0.1, 0.15) is 18.7 Å². The molecule has 1 unspecified atom stereocenters. The highest BCUT2D eigenvalue weighted by molar-refractivity contribution is 5.91. The van der Waals surface area contributed by atoms with Gasteiger partial charge in [0.2, 0.25) is 5.91 Å². The molecule has 0 heterocycles. The van der Waals surface area contributed by atoms with Gasteiger partial charge in [0, 0.05) is 5.92 Å². The van der Waals surface area contributed by atoms with E-state index in [-0.39, 0.29) is 18.4 Å². The van der Waals surface area contributed by atoms with Gasteiger partial charge in [-0.05, 0) is 41.0 Å². The molecular formula is C26H28N2O7. The lowest BCUT2D eigenvalue weighted by Crippen LogP contribution is -2.56. The van der Waals surface area contributed by atoms with Crippen LogP contribution in [-0.4, -0.2) is 54.8 Å². The van der Waals surface area contributed by atoms with Crippen LogP contribution in [0.25, 0.3) is 11.1 Å². The van der Waals surface area contributed by atoms with Crippen molar-refractivity contribution in [2.24, 2.45) is 5.92 Å². The number of nitrogens with one attached hydrogen (secondary N) is 2. The van der Waals surface area contributed by atoms with Gasteiger partial charge in [0.05, 0.1) is 13.5 Å². The normalized spacial score (nSPS) is 16.1. The van der Waals surface area contributed by atoms with Crippen LogP contribution in [0.5, 0.6) is 0 Å². The molecule has 1 saturated carbocycles. The van der Waals surface area contributed by atoms with Crippen LogP contribution in [0.4, 0.5) is 4.79 Å². The molecule has 0 aromatic heterocycles. The number of carboxylic acid groups (broad SMARTS) is 1. The van der Waals surface area contributed by atoms with Gasteiger partial charge in [-0.15, -0.1) is 0 Å². The number of esters is 1. The Kier molecular flexibility index (Phi) is 7.33. The van der Waals surface area contributed by atoms with Crippen LogP contribution in [0, 0.1) is 5.92 Å². The average molecular weight is 481 g/mol. The van der Waals surface area contributed by atoms with Crippen molar-refractivity contribution in [1.82, 2.24) is 10.6 Å². The highest BCUT2D eigenvalue weighted by Crippen LogP contribution is 2.44. The second kappa shape index (κ2) is 10.6. The van der Waals surface area contributed by atoms with E-state index in [0.29, 0.717) is 0 Å². The first-order valence-corrected chi connectivity index (χ1v) is 11.6. The molecule has 9 heteroatoms. The molecule has 9 nitrogen and oxygen atoms in total. The Bertz CT molecular complexity index is 1080. The number of ether oxygens (including phenoxy) is 2. The molecule has 184 valence electrons. The van der Waals surface area contributed by atoms with E-state index in [9.17, 15) is 24.3 Å². The topological polar surface area (TPSA) is 131 Å². The molecule has 2 atom stereocenters. The van der Waals surface area contributed by atoms with Gasteiger partial charge < -0.3 is 25.2 Å². The van der Waals surface area contributed by atoms with E-state index >= 15 is 0 Å². The van der Waals surface area contributed by atoms with E-state index < -0.39 is 42.4 Å². The Morgan fingerprint density at radius 1 is 0.971 bits per heavy atom. The highest BCUT2D eigenvalue weighted by atomic mass is 16.5. The standard InChI is InChI=1S/C26H28N2O7/c1-34-22(29)13-21(25(31)32)27-24(30)23(15-7-6-8-15)28-26(33)35-14-20-18-11-4-2-9-16(18)17-10-3-5-12-19(17)20/h2-5,9-12,15,20-21,23H,6-8,13-14H2,1H3,(H,27,30)(H,28,33)(H,31,32)/t21-,23?/m1/s1. The van der Waals surface area contributed by atoms with Crippen molar-refractivity contribution in [2.45, 2.75) is 43.7 Å². The van der Waals surface area contributed by atoms with Crippen molar-refractivity contribution in [1.29, 1.82) is 0 Å². The predicted molar refractivity (Wildman–Crippen MR) is 126 cm³/mol. The summed E-state index contributed by atoms with van der Waals surface area (Å²) in [7, 11) is 1.14. The third-order valence-electron chi connectivity index (χ3n) is 6.73. The minimum atomic E-state index is -1.46. The molecule has 0 aliphatic heterocycles. The molecule has 2 aromatic rings. The van der Waals surface area contributed by atoms with Crippen molar-refractivity contribution in [3.8, 4) is 11.1 Å². The van der Waals surface area contributed by atoms with Crippen molar-refractivity contribution < 1.29 is 33.8 Å². The Hall–Kier alpha value is -3.88. The monoisotopic (exact) mass is 480 g/mol. The molecule has 2 aliphatic rings. The molecule has 0 spiro atoms. The molecule has 0 bridgehead atoms. The summed E-state index contributed by atoms with van der Waals surface area (Å²) in [6.45, 7) is 0.0962. The molecule has 4 rings (SSSR count). The van der Waals surface area contributed by atoms with Crippen LogP contribution < -0.4 is 10.6 Å². The van der Waals surface area contributed by atoms with Gasteiger partial charge in [-0.3, -0.25) is 9.59 Å². The van der Waals surface area contributed by atoms with Crippen LogP contribution in [0.3, 0.4) is 0 Å². The van der Waals surface area contributed by atoms with Crippen molar-refractivity contribution >= 4 is 23.9 Å². The molecule has 3 N–H and O–H groups in total. The number of alkyl carbamates (subject to hydrolysis) is 1. The number of carbonyl (C=O) groups is 4. The van der Waals surface area contributed by atoms with E-state index in [1.54, 1.807) is 0 Å². The van der Waals surface area contributed by atoms with Gasteiger partial charge in [0.15, 0.2) is 0 Å². The Morgan fingerprint density at radius 3 is 2.09 bits per heavy atom. The van der Waals surface area contributed by atoms with Crippen molar-refractivity contribution in [3.63, 3.8) is 0 Å². The number of aliphatic carboxylic acids is 1. The van der Waals surface area contributed by atoms with E-state index in [4.69, 9.17) is 4.74 Å². The maximum Gasteiger partial charge on any atom is 0.407 e. The second-order valence-electron chi connectivity index (χ2n) is 8.82. The summed E-state index contributed by atoms with van der Waals surface area (Å²) >= 11 is 0. The third-order valence-corrected chi connectivity index (χ3v) is 6.73. The number of carboxylic acids is 1. The summed E-state index contributed by atoms with van der Waals surface area (Å²) in [5, 5.41) is 14.3. The molecular weight excluding hydrogens is 452 g/mol. The average Bonchev–Trinajstić information content (AvgIpc) is 3.14. The largest absolute Gasteiger partial charge is 0.480 e. The Balaban J connectivity index is 1.41. The highest BCUT2D eigenvalue weighted by Gasteiger charge is 2.37. The Morgan fingerprint density at radius 2 is 1.57 bits per heavy atom. The van der Waals surface area contributed by atoms with Crippen LogP contribution in [0.1, 0.15) is 42.7 Å². The SMILES string of the molecule is COC(=O)C[C@@H](NC(=O)C(NC(=O)OCC1c2ccccc2-c2ccccc21)C1CCC1)C(=O)O. The zero-order valence-electron chi connectivity index (χ0n) is 19.4. The zero-order valence-corrected chi connectivity index (χ0v) is 19.4. The third kappa shape index (κ3) is 5.29. The number of benzene rings is 2. The minimum absolute atomic E-state index is 0.0962. The molecule has 0 radical (unpaired) electrons. The van der Waals surface area contributed by atoms with Gasteiger partial charge in [0.25, 0.3) is 0 Å². The number of fused-ring (bicyclic) bond motifs is 3. The van der Waals surface area contributed by atoms with E-state index in [1.807, 2.05) is 48.5 Å². The molecule has 35 heavy (non-hydrogen) atoms. The fourth-order valence-electron chi connectivity index (χ4n) is 4.65. The maximum atomic E-state index is 12.9. The summed E-state index contributed by atoms with van der Waals surface area (Å²) in [5.74, 6) is -3.05. The fourth-order valence-corrected chi connectivity index (χ4v) is 4.65. The first-order chi connectivity index (χ1) is 16.9. The first-order valence-electron chi connectivity index (χ1n) is 11.6. The summed E-state index contributed by atoms with van der Waals surface area (Å²) in [5.41, 5.74) is 4.35. The minimum Gasteiger partial charge on any atom is -0.480 e. The summed E-state index contributed by atoms with van der Waals surface area (Å²) in [4.78, 5) is 48.6. The molecule has 1 fully saturated rings. The lowest BCUT2D eigenvalue weighted by atomic mass is 9.79. The first kappa shape index (κ1) is 24.3. The summed E-state index contributed by atoms with van der Waals surface area (Å²) < 4.78 is 10.1. The van der Waals surface area contributed by atoms with E-state index in [1.165, 1.54) is 0 Å². The van der Waals surface area contributed by atoms with Crippen LogP contribution in [0.2, 0.25) is 0 Å². The van der Waals surface area contributed by atoms with Gasteiger partial charge >= 0.3 is 18.0 Å². The number of methoxy groups -OCH3 is 1. The molecule has 2 amide bonds. The fraction of sp³-hybridized carbons (Fsp3) is 0.385. The zero-order chi connectivity index (χ0) is 24.9. The van der Waals surface area contributed by atoms with Crippen molar-refractivity contribution in [3.05, 3.63) is 59.7 Å². The van der Waals surface area contributed by atoms with Gasteiger partial charge in [-0.25, -0.2) is 9.59 Å². The quantitative estimate of drug-likeness (QED) is 0.470. The second-order valence-corrected chi connectivity index (χ2v) is 8.82. The van der Waals surface area contributed by atoms with Gasteiger partial charge in [-0.2, -0.15) is 0 Å². The number of amides is 2. The van der Waals surface area contributed by atoms with Crippen LogP contribution in [0.15, 0.2) is 48.5 Å². The van der Waals surface area contributed by atoms with E-state index in [0.717, 1.165) is 48.6 Å². The van der Waals surface area contributed by atoms with Crippen LogP contribution in [-0.2, 0) is 23.9 Å². The maximum absolute atomic E-state index is 12.9. The van der Waals surface area contributed by atoms with E-state index in [2.05, 4.69) is 15.4 Å². The number of rotatable bonds is 9. The number of hydrogen-bond donors (Lipinski definition) is 3. The number of carbonyl (C=O) groups excluding carboxylic acids is 3. The lowest BCUT2D eigenvalue weighted by molar-refractivity contribution is -0.149. The number of hydrogen-bond acceptors (Lipinski definition) is 6. The van der Waals surface area contributed by atoms with Crippen LogP contribution >= 0.6 is 0 Å². The molecule has 0 saturated heterocycles. The molecule has 2 aliphatic carbocycles.